The van der Waals surface area contributed by atoms with Gasteiger partial charge in [0.2, 0.25) is 0 Å². The topological polar surface area (TPSA) is 52.6 Å². The maximum absolute atomic E-state index is 11.8. The molecule has 39 heavy (non-hydrogen) atoms. The molecule has 0 saturated carbocycles. The summed E-state index contributed by atoms with van der Waals surface area (Å²) in [4.78, 5) is 23.6. The van der Waals surface area contributed by atoms with Gasteiger partial charge < -0.3 is 9.47 Å². The molecule has 0 spiro atoms. The molecule has 0 aromatic carbocycles. The van der Waals surface area contributed by atoms with Crippen molar-refractivity contribution in [3.05, 3.63) is 0 Å². The van der Waals surface area contributed by atoms with E-state index in [0.29, 0.717) is 13.2 Å². The molecular formula is C35H68O4. The van der Waals surface area contributed by atoms with Gasteiger partial charge in [0, 0.05) is 0 Å². The third-order valence-electron chi connectivity index (χ3n) is 7.81. The Bertz CT molecular complexity index is 461. The van der Waals surface area contributed by atoms with Gasteiger partial charge in [-0.1, -0.05) is 181 Å². The molecule has 0 aromatic heterocycles. The minimum atomic E-state index is -0.448. The molecule has 4 heteroatoms. The zero-order valence-electron chi connectivity index (χ0n) is 26.6. The Kier molecular flexibility index (Phi) is 32.2. The summed E-state index contributed by atoms with van der Waals surface area (Å²) in [7, 11) is 0. The number of hydrogen-bond acceptors (Lipinski definition) is 4. The second kappa shape index (κ2) is 33.1. The summed E-state index contributed by atoms with van der Waals surface area (Å²) < 4.78 is 10.4. The van der Waals surface area contributed by atoms with Crippen molar-refractivity contribution < 1.29 is 19.1 Å². The molecule has 0 fully saturated rings. The second-order valence-electron chi connectivity index (χ2n) is 11.8. The number of unbranched alkanes of at least 4 members (excludes halogenated alkanes) is 26. The molecule has 0 atom stereocenters. The van der Waals surface area contributed by atoms with Gasteiger partial charge in [0.1, 0.15) is 6.42 Å². The Morgan fingerprint density at radius 3 is 0.769 bits per heavy atom. The van der Waals surface area contributed by atoms with Crippen LogP contribution in [0.2, 0.25) is 0 Å². The van der Waals surface area contributed by atoms with Crippen LogP contribution in [0.5, 0.6) is 0 Å². The average Bonchev–Trinajstić information content (AvgIpc) is 2.93. The van der Waals surface area contributed by atoms with E-state index >= 15 is 0 Å². The molecule has 0 N–H and O–H groups in total. The standard InChI is InChI=1S/C35H68O4/c1-3-5-7-9-11-13-15-17-19-21-23-25-27-29-31-38-34(36)33-35(37)39-32-30-28-26-24-22-20-18-16-14-12-10-8-6-4-2/h3-33H2,1-2H3. The molecule has 0 unspecified atom stereocenters. The van der Waals surface area contributed by atoms with Gasteiger partial charge in [-0.05, 0) is 12.8 Å². The number of carbonyl (C=O) groups is 2. The van der Waals surface area contributed by atoms with Gasteiger partial charge in [-0.25, -0.2) is 0 Å². The van der Waals surface area contributed by atoms with E-state index in [1.54, 1.807) is 0 Å². The molecule has 0 aliphatic heterocycles. The van der Waals surface area contributed by atoms with Crippen molar-refractivity contribution in [2.24, 2.45) is 0 Å². The van der Waals surface area contributed by atoms with Crippen molar-refractivity contribution in [1.29, 1.82) is 0 Å². The molecular weight excluding hydrogens is 484 g/mol. The smallest absolute Gasteiger partial charge is 0.317 e. The average molecular weight is 553 g/mol. The fourth-order valence-electron chi connectivity index (χ4n) is 5.19. The van der Waals surface area contributed by atoms with Crippen LogP contribution < -0.4 is 0 Å². The van der Waals surface area contributed by atoms with E-state index in [-0.39, 0.29) is 6.42 Å². The number of hydrogen-bond donors (Lipinski definition) is 0. The first-order valence-corrected chi connectivity index (χ1v) is 17.5. The van der Waals surface area contributed by atoms with Crippen LogP contribution in [0.1, 0.15) is 200 Å². The molecule has 0 radical (unpaired) electrons. The van der Waals surface area contributed by atoms with Gasteiger partial charge >= 0.3 is 11.9 Å². The van der Waals surface area contributed by atoms with Gasteiger partial charge in [-0.3, -0.25) is 9.59 Å². The number of rotatable bonds is 32. The van der Waals surface area contributed by atoms with E-state index in [2.05, 4.69) is 13.8 Å². The third kappa shape index (κ3) is 33.0. The number of esters is 2. The van der Waals surface area contributed by atoms with Crippen LogP contribution in [-0.4, -0.2) is 25.2 Å². The Balaban J connectivity index is 3.27. The fourth-order valence-corrected chi connectivity index (χ4v) is 5.19. The number of carbonyl (C=O) groups excluding carboxylic acids is 2. The molecule has 0 amide bonds. The van der Waals surface area contributed by atoms with Crippen LogP contribution in [0.15, 0.2) is 0 Å². The summed E-state index contributed by atoms with van der Waals surface area (Å²) in [5.41, 5.74) is 0. The molecule has 232 valence electrons. The quantitative estimate of drug-likeness (QED) is 0.0473. The monoisotopic (exact) mass is 553 g/mol. The summed E-state index contributed by atoms with van der Waals surface area (Å²) >= 11 is 0. The first-order valence-electron chi connectivity index (χ1n) is 17.5. The van der Waals surface area contributed by atoms with Crippen molar-refractivity contribution in [1.82, 2.24) is 0 Å². The molecule has 4 nitrogen and oxygen atoms in total. The van der Waals surface area contributed by atoms with Crippen molar-refractivity contribution >= 4 is 11.9 Å². The van der Waals surface area contributed by atoms with E-state index in [0.717, 1.165) is 25.7 Å². The lowest BCUT2D eigenvalue weighted by molar-refractivity contribution is -0.154. The zero-order chi connectivity index (χ0) is 28.5. The van der Waals surface area contributed by atoms with Crippen LogP contribution in [0, 0.1) is 0 Å². The highest BCUT2D eigenvalue weighted by Crippen LogP contribution is 2.14. The van der Waals surface area contributed by atoms with Crippen molar-refractivity contribution in [2.45, 2.75) is 200 Å². The van der Waals surface area contributed by atoms with Gasteiger partial charge in [0.25, 0.3) is 0 Å². The molecule has 0 bridgehead atoms. The Morgan fingerprint density at radius 2 is 0.538 bits per heavy atom. The van der Waals surface area contributed by atoms with Crippen LogP contribution in [0.3, 0.4) is 0 Å². The van der Waals surface area contributed by atoms with E-state index in [1.165, 1.54) is 154 Å². The molecule has 0 aliphatic rings. The molecule has 0 heterocycles. The minimum absolute atomic E-state index is 0.253. The Hall–Kier alpha value is -1.06. The normalized spacial score (nSPS) is 11.1. The predicted octanol–water partition coefficient (Wildman–Crippen LogP) is 11.4. The lowest BCUT2D eigenvalue weighted by Crippen LogP contribution is -2.15. The van der Waals surface area contributed by atoms with Crippen molar-refractivity contribution in [3.63, 3.8) is 0 Å². The van der Waals surface area contributed by atoms with Crippen molar-refractivity contribution in [2.75, 3.05) is 13.2 Å². The predicted molar refractivity (Wildman–Crippen MR) is 167 cm³/mol. The highest BCUT2D eigenvalue weighted by atomic mass is 16.6. The number of ether oxygens (including phenoxy) is 2. The Labute approximate surface area is 244 Å². The molecule has 0 saturated heterocycles. The molecule has 0 aromatic rings. The first kappa shape index (κ1) is 37.9. The van der Waals surface area contributed by atoms with Crippen LogP contribution in [0.25, 0.3) is 0 Å². The van der Waals surface area contributed by atoms with E-state index in [4.69, 9.17) is 9.47 Å². The summed E-state index contributed by atoms with van der Waals surface area (Å²) in [5, 5.41) is 0. The maximum atomic E-state index is 11.8. The van der Waals surface area contributed by atoms with Gasteiger partial charge in [0.15, 0.2) is 0 Å². The zero-order valence-corrected chi connectivity index (χ0v) is 26.6. The highest BCUT2D eigenvalue weighted by molar-refractivity contribution is 5.91. The maximum Gasteiger partial charge on any atom is 0.317 e. The third-order valence-corrected chi connectivity index (χ3v) is 7.81. The van der Waals surface area contributed by atoms with Crippen LogP contribution in [0.4, 0.5) is 0 Å². The first-order chi connectivity index (χ1) is 19.2. The van der Waals surface area contributed by atoms with Gasteiger partial charge in [-0.15, -0.1) is 0 Å². The lowest BCUT2D eigenvalue weighted by Gasteiger charge is -2.07. The molecule has 0 rings (SSSR count). The SMILES string of the molecule is CCCCCCCCCCCCCCCCOC(=O)CC(=O)OCCCCCCCCCCCCCCCC. The molecule has 0 aliphatic carbocycles. The van der Waals surface area contributed by atoms with Gasteiger partial charge in [-0.2, -0.15) is 0 Å². The van der Waals surface area contributed by atoms with E-state index in [9.17, 15) is 9.59 Å². The Morgan fingerprint density at radius 1 is 0.333 bits per heavy atom. The van der Waals surface area contributed by atoms with E-state index < -0.39 is 11.9 Å². The summed E-state index contributed by atoms with van der Waals surface area (Å²) in [5.74, 6) is -0.897. The second-order valence-corrected chi connectivity index (χ2v) is 11.8. The minimum Gasteiger partial charge on any atom is -0.465 e. The lowest BCUT2D eigenvalue weighted by atomic mass is 10.0. The summed E-state index contributed by atoms with van der Waals surface area (Å²) in [6.07, 6.45) is 36.3. The fraction of sp³-hybridized carbons (Fsp3) is 0.943. The van der Waals surface area contributed by atoms with Crippen LogP contribution in [-0.2, 0) is 19.1 Å². The van der Waals surface area contributed by atoms with Crippen LogP contribution >= 0.6 is 0 Å². The van der Waals surface area contributed by atoms with Crippen molar-refractivity contribution in [3.8, 4) is 0 Å². The summed E-state index contributed by atoms with van der Waals surface area (Å²) in [6, 6.07) is 0. The largest absolute Gasteiger partial charge is 0.465 e. The highest BCUT2D eigenvalue weighted by Gasteiger charge is 2.11. The van der Waals surface area contributed by atoms with E-state index in [1.807, 2.05) is 0 Å². The summed E-state index contributed by atoms with van der Waals surface area (Å²) in [6.45, 7) is 5.38. The van der Waals surface area contributed by atoms with Gasteiger partial charge in [0.05, 0.1) is 13.2 Å².